The van der Waals surface area contributed by atoms with Gasteiger partial charge in [-0.15, -0.1) is 0 Å². The number of benzene rings is 1. The Kier molecular flexibility index (Phi) is 5.33. The molecule has 0 saturated carbocycles. The number of H-pyrrole nitrogens is 1. The number of hydrogen-bond acceptors (Lipinski definition) is 4. The fourth-order valence-electron chi connectivity index (χ4n) is 1.85. The highest BCUT2D eigenvalue weighted by molar-refractivity contribution is 6.34. The Balaban J connectivity index is 0.00000264. The van der Waals surface area contributed by atoms with Crippen LogP contribution < -0.4 is 11.2 Å². The molecule has 122 valence electrons. The number of aromatic amines is 1. The smallest absolute Gasteiger partial charge is 0.354 e. The van der Waals surface area contributed by atoms with Crippen molar-refractivity contribution in [3.8, 4) is 5.69 Å². The van der Waals surface area contributed by atoms with Crippen LogP contribution in [0, 0.1) is 0 Å². The second-order valence-corrected chi connectivity index (χ2v) is 4.93. The Bertz CT molecular complexity index is 896. The Labute approximate surface area is 136 Å². The Morgan fingerprint density at radius 3 is 1.96 bits per heavy atom. The third-order valence-corrected chi connectivity index (χ3v) is 3.07. The van der Waals surface area contributed by atoms with Crippen LogP contribution in [0.4, 0.5) is 0 Å². The van der Waals surface area contributed by atoms with Gasteiger partial charge in [0.15, 0.2) is 11.3 Å². The summed E-state index contributed by atoms with van der Waals surface area (Å²) in [6.45, 7) is 0. The SMILES string of the molecule is O.O=C(O)c1c(C(=O)O)n(-c2cc(Cl)cc(Cl)c2)c(=O)[nH]c1=O. The summed E-state index contributed by atoms with van der Waals surface area (Å²) in [5.41, 5.74) is -4.63. The summed E-state index contributed by atoms with van der Waals surface area (Å²) >= 11 is 11.6. The molecule has 9 nitrogen and oxygen atoms in total. The van der Waals surface area contributed by atoms with Crippen molar-refractivity contribution in [3.63, 3.8) is 0 Å². The number of aromatic carboxylic acids is 2. The lowest BCUT2D eigenvalue weighted by Gasteiger charge is -2.12. The zero-order chi connectivity index (χ0) is 16.6. The molecule has 0 bridgehead atoms. The van der Waals surface area contributed by atoms with Crippen molar-refractivity contribution >= 4 is 35.1 Å². The molecule has 0 aliphatic heterocycles. The summed E-state index contributed by atoms with van der Waals surface area (Å²) in [6.07, 6.45) is 0. The van der Waals surface area contributed by atoms with Crippen LogP contribution >= 0.6 is 23.2 Å². The van der Waals surface area contributed by atoms with Crippen LogP contribution in [0.25, 0.3) is 5.69 Å². The predicted molar refractivity (Wildman–Crippen MR) is 80.2 cm³/mol. The first-order valence-corrected chi connectivity index (χ1v) is 6.30. The van der Waals surface area contributed by atoms with Gasteiger partial charge in [0, 0.05) is 10.0 Å². The highest BCUT2D eigenvalue weighted by Crippen LogP contribution is 2.22. The van der Waals surface area contributed by atoms with E-state index in [2.05, 4.69) is 0 Å². The topological polar surface area (TPSA) is 161 Å². The molecule has 0 aliphatic rings. The van der Waals surface area contributed by atoms with E-state index in [9.17, 15) is 24.3 Å². The van der Waals surface area contributed by atoms with E-state index in [-0.39, 0.29) is 21.2 Å². The molecule has 1 heterocycles. The van der Waals surface area contributed by atoms with E-state index in [0.717, 1.165) is 0 Å². The summed E-state index contributed by atoms with van der Waals surface area (Å²) in [4.78, 5) is 47.7. The lowest BCUT2D eigenvalue weighted by Crippen LogP contribution is -2.38. The van der Waals surface area contributed by atoms with Crippen LogP contribution in [-0.4, -0.2) is 37.2 Å². The number of nitrogens with one attached hydrogen (secondary N) is 1. The summed E-state index contributed by atoms with van der Waals surface area (Å²) in [6, 6.07) is 3.73. The van der Waals surface area contributed by atoms with Gasteiger partial charge in [0.1, 0.15) is 0 Å². The van der Waals surface area contributed by atoms with Crippen LogP contribution in [0.5, 0.6) is 0 Å². The number of carboxylic acid groups (broad SMARTS) is 2. The van der Waals surface area contributed by atoms with Crippen LogP contribution in [0.2, 0.25) is 10.0 Å². The van der Waals surface area contributed by atoms with Crippen molar-refractivity contribution < 1.29 is 25.3 Å². The monoisotopic (exact) mass is 362 g/mol. The third kappa shape index (κ3) is 3.42. The van der Waals surface area contributed by atoms with Crippen molar-refractivity contribution in [2.75, 3.05) is 0 Å². The van der Waals surface area contributed by atoms with E-state index in [1.807, 2.05) is 0 Å². The number of aromatic nitrogens is 2. The molecule has 2 aromatic rings. The second-order valence-electron chi connectivity index (χ2n) is 4.06. The van der Waals surface area contributed by atoms with Crippen molar-refractivity contribution in [3.05, 3.63) is 60.3 Å². The van der Waals surface area contributed by atoms with E-state index >= 15 is 0 Å². The molecule has 0 amide bonds. The summed E-state index contributed by atoms with van der Waals surface area (Å²) in [5.74, 6) is -3.56. The summed E-state index contributed by atoms with van der Waals surface area (Å²) in [7, 11) is 0. The first-order valence-electron chi connectivity index (χ1n) is 5.54. The van der Waals surface area contributed by atoms with Gasteiger partial charge in [-0.1, -0.05) is 23.2 Å². The Morgan fingerprint density at radius 2 is 1.52 bits per heavy atom. The van der Waals surface area contributed by atoms with Gasteiger partial charge in [-0.3, -0.25) is 14.3 Å². The molecular formula is C12H8Cl2N2O7. The molecule has 0 atom stereocenters. The van der Waals surface area contributed by atoms with E-state index < -0.39 is 34.4 Å². The maximum Gasteiger partial charge on any atom is 0.354 e. The van der Waals surface area contributed by atoms with Crippen LogP contribution in [0.3, 0.4) is 0 Å². The molecule has 0 spiro atoms. The normalized spacial score (nSPS) is 10.0. The van der Waals surface area contributed by atoms with Crippen LogP contribution in [0.15, 0.2) is 27.8 Å². The van der Waals surface area contributed by atoms with E-state index in [1.54, 1.807) is 4.98 Å². The fourth-order valence-corrected chi connectivity index (χ4v) is 2.37. The molecule has 11 heteroatoms. The van der Waals surface area contributed by atoms with Gasteiger partial charge in [0.25, 0.3) is 5.56 Å². The van der Waals surface area contributed by atoms with Crippen molar-refractivity contribution in [1.29, 1.82) is 0 Å². The molecule has 0 fully saturated rings. The van der Waals surface area contributed by atoms with Gasteiger partial charge in [-0.05, 0) is 18.2 Å². The fraction of sp³-hybridized carbons (Fsp3) is 0. The minimum atomic E-state index is -1.79. The zero-order valence-electron chi connectivity index (χ0n) is 11.0. The van der Waals surface area contributed by atoms with Gasteiger partial charge in [-0.25, -0.2) is 14.4 Å². The molecule has 2 rings (SSSR count). The Morgan fingerprint density at radius 1 is 1.00 bits per heavy atom. The van der Waals surface area contributed by atoms with Crippen LogP contribution in [0.1, 0.15) is 20.8 Å². The number of carbonyl (C=O) groups is 2. The largest absolute Gasteiger partial charge is 0.477 e. The molecule has 23 heavy (non-hydrogen) atoms. The first-order chi connectivity index (χ1) is 10.2. The van der Waals surface area contributed by atoms with Gasteiger partial charge >= 0.3 is 17.6 Å². The predicted octanol–water partition coefficient (Wildman–Crippen LogP) is 0.404. The lowest BCUT2D eigenvalue weighted by atomic mass is 10.2. The molecular weight excluding hydrogens is 355 g/mol. The van der Waals surface area contributed by atoms with Crippen LogP contribution in [-0.2, 0) is 0 Å². The summed E-state index contributed by atoms with van der Waals surface area (Å²) < 4.78 is 0.505. The molecule has 1 aromatic carbocycles. The molecule has 5 N–H and O–H groups in total. The van der Waals surface area contributed by atoms with Crippen molar-refractivity contribution in [2.45, 2.75) is 0 Å². The average molecular weight is 363 g/mol. The highest BCUT2D eigenvalue weighted by Gasteiger charge is 2.26. The maximum absolute atomic E-state index is 11.9. The number of carboxylic acids is 2. The lowest BCUT2D eigenvalue weighted by molar-refractivity contribution is 0.0640. The maximum atomic E-state index is 11.9. The van der Waals surface area contributed by atoms with Crippen molar-refractivity contribution in [1.82, 2.24) is 9.55 Å². The van der Waals surface area contributed by atoms with Gasteiger partial charge < -0.3 is 15.7 Å². The standard InChI is InChI=1S/C12H6Cl2N2O6.H2O/c13-4-1-5(14)3-6(2-4)16-8(11(20)21)7(10(18)19)9(17)15-12(16)22;/h1-3H,(H,18,19)(H,20,21)(H,15,17,22);1H2. The molecule has 0 unspecified atom stereocenters. The highest BCUT2D eigenvalue weighted by atomic mass is 35.5. The van der Waals surface area contributed by atoms with E-state index in [0.29, 0.717) is 4.57 Å². The second kappa shape index (κ2) is 6.65. The average Bonchev–Trinajstić information content (AvgIpc) is 2.35. The van der Waals surface area contributed by atoms with Gasteiger partial charge in [0.2, 0.25) is 0 Å². The van der Waals surface area contributed by atoms with Gasteiger partial charge in [-0.2, -0.15) is 0 Å². The number of rotatable bonds is 3. The van der Waals surface area contributed by atoms with Gasteiger partial charge in [0.05, 0.1) is 5.69 Å². The molecule has 0 radical (unpaired) electrons. The quantitative estimate of drug-likeness (QED) is 0.715. The van der Waals surface area contributed by atoms with E-state index in [1.165, 1.54) is 18.2 Å². The first kappa shape index (κ1) is 18.4. The third-order valence-electron chi connectivity index (χ3n) is 2.63. The molecule has 0 saturated heterocycles. The van der Waals surface area contributed by atoms with E-state index in [4.69, 9.17) is 28.3 Å². The zero-order valence-corrected chi connectivity index (χ0v) is 12.5. The van der Waals surface area contributed by atoms with Crippen molar-refractivity contribution in [2.24, 2.45) is 0 Å². The molecule has 0 aliphatic carbocycles. The number of nitrogens with zero attached hydrogens (tertiary/aromatic N) is 1. The Hall–Kier alpha value is -2.62. The minimum absolute atomic E-state index is 0. The number of halogens is 2. The minimum Gasteiger partial charge on any atom is -0.477 e. The molecule has 1 aromatic heterocycles. The number of hydrogen-bond donors (Lipinski definition) is 3. The summed E-state index contributed by atoms with van der Waals surface area (Å²) in [5, 5.41) is 18.4.